The van der Waals surface area contributed by atoms with Gasteiger partial charge in [-0.15, -0.1) is 12.4 Å². The molecule has 0 radical (unpaired) electrons. The molecule has 0 heterocycles. The summed E-state index contributed by atoms with van der Waals surface area (Å²) >= 11 is 0. The number of carboxylic acid groups (broad SMARTS) is 1. The smallest absolute Gasteiger partial charge is 0.311 e. The van der Waals surface area contributed by atoms with Gasteiger partial charge in [-0.2, -0.15) is 0 Å². The van der Waals surface area contributed by atoms with Crippen LogP contribution in [0.5, 0.6) is 0 Å². The maximum Gasteiger partial charge on any atom is 0.311 e. The summed E-state index contributed by atoms with van der Waals surface area (Å²) in [4.78, 5) is 11.0. The van der Waals surface area contributed by atoms with Crippen molar-refractivity contribution in [2.75, 3.05) is 13.6 Å². The van der Waals surface area contributed by atoms with Crippen LogP contribution in [-0.2, 0) is 4.79 Å². The van der Waals surface area contributed by atoms with Crippen LogP contribution < -0.4 is 5.32 Å². The highest BCUT2D eigenvalue weighted by atomic mass is 35.5. The Morgan fingerprint density at radius 2 is 2.00 bits per heavy atom. The summed E-state index contributed by atoms with van der Waals surface area (Å²) < 4.78 is 0. The minimum Gasteiger partial charge on any atom is -0.481 e. The SMILES string of the molecule is CNCCC(C(=O)O)c1ccccc1.Cl. The zero-order valence-corrected chi connectivity index (χ0v) is 9.46. The van der Waals surface area contributed by atoms with Gasteiger partial charge in [0.2, 0.25) is 0 Å². The lowest BCUT2D eigenvalue weighted by atomic mass is 9.96. The summed E-state index contributed by atoms with van der Waals surface area (Å²) in [5.74, 6) is -1.16. The molecule has 15 heavy (non-hydrogen) atoms. The lowest BCUT2D eigenvalue weighted by molar-refractivity contribution is -0.138. The van der Waals surface area contributed by atoms with Crippen molar-refractivity contribution in [1.82, 2.24) is 5.32 Å². The monoisotopic (exact) mass is 229 g/mol. The minimum absolute atomic E-state index is 0. The van der Waals surface area contributed by atoms with Gasteiger partial charge in [0.15, 0.2) is 0 Å². The molecule has 0 saturated carbocycles. The molecule has 0 aromatic heterocycles. The molecule has 0 saturated heterocycles. The summed E-state index contributed by atoms with van der Waals surface area (Å²) in [6, 6.07) is 9.33. The molecule has 0 spiro atoms. The van der Waals surface area contributed by atoms with Crippen LogP contribution in [0, 0.1) is 0 Å². The molecule has 1 aromatic carbocycles. The van der Waals surface area contributed by atoms with Gasteiger partial charge < -0.3 is 10.4 Å². The van der Waals surface area contributed by atoms with Crippen molar-refractivity contribution in [3.8, 4) is 0 Å². The third-order valence-electron chi connectivity index (χ3n) is 2.18. The largest absolute Gasteiger partial charge is 0.481 e. The molecule has 4 heteroatoms. The second-order valence-corrected chi connectivity index (χ2v) is 3.19. The molecule has 1 unspecified atom stereocenters. The van der Waals surface area contributed by atoms with Crippen molar-refractivity contribution in [1.29, 1.82) is 0 Å². The minimum atomic E-state index is -0.758. The van der Waals surface area contributed by atoms with Gasteiger partial charge in [-0.25, -0.2) is 0 Å². The number of benzene rings is 1. The normalized spacial score (nSPS) is 11.5. The highest BCUT2D eigenvalue weighted by molar-refractivity contribution is 5.85. The van der Waals surface area contributed by atoms with E-state index in [9.17, 15) is 4.79 Å². The van der Waals surface area contributed by atoms with E-state index < -0.39 is 11.9 Å². The number of hydrogen-bond donors (Lipinski definition) is 2. The van der Waals surface area contributed by atoms with Gasteiger partial charge in [0.25, 0.3) is 0 Å². The van der Waals surface area contributed by atoms with Crippen LogP contribution in [0.3, 0.4) is 0 Å². The van der Waals surface area contributed by atoms with E-state index in [-0.39, 0.29) is 12.4 Å². The molecule has 0 aliphatic heterocycles. The average molecular weight is 230 g/mol. The second-order valence-electron chi connectivity index (χ2n) is 3.19. The van der Waals surface area contributed by atoms with E-state index in [1.807, 2.05) is 37.4 Å². The van der Waals surface area contributed by atoms with Gasteiger partial charge in [-0.1, -0.05) is 30.3 Å². The van der Waals surface area contributed by atoms with Crippen LogP contribution in [0.25, 0.3) is 0 Å². The highest BCUT2D eigenvalue weighted by Gasteiger charge is 2.18. The van der Waals surface area contributed by atoms with Crippen LogP contribution >= 0.6 is 12.4 Å². The molecule has 1 aromatic rings. The van der Waals surface area contributed by atoms with Gasteiger partial charge in [0, 0.05) is 0 Å². The molecule has 0 aliphatic rings. The van der Waals surface area contributed by atoms with Crippen molar-refractivity contribution in [3.05, 3.63) is 35.9 Å². The lowest BCUT2D eigenvalue weighted by Crippen LogP contribution is -2.18. The fraction of sp³-hybridized carbons (Fsp3) is 0.364. The molecule has 1 atom stereocenters. The molecule has 1 rings (SSSR count). The molecular formula is C11H16ClNO2. The van der Waals surface area contributed by atoms with Crippen LogP contribution in [0.2, 0.25) is 0 Å². The number of rotatable bonds is 5. The van der Waals surface area contributed by atoms with Crippen LogP contribution in [0.4, 0.5) is 0 Å². The van der Waals surface area contributed by atoms with Crippen molar-refractivity contribution in [3.63, 3.8) is 0 Å². The summed E-state index contributed by atoms with van der Waals surface area (Å²) in [7, 11) is 1.82. The molecule has 3 nitrogen and oxygen atoms in total. The van der Waals surface area contributed by atoms with E-state index in [0.29, 0.717) is 13.0 Å². The summed E-state index contributed by atoms with van der Waals surface area (Å²) in [5.41, 5.74) is 0.871. The Morgan fingerprint density at radius 3 is 2.47 bits per heavy atom. The summed E-state index contributed by atoms with van der Waals surface area (Å²) in [5, 5.41) is 12.0. The first-order chi connectivity index (χ1) is 6.75. The Morgan fingerprint density at radius 1 is 1.40 bits per heavy atom. The van der Waals surface area contributed by atoms with Crippen molar-refractivity contribution in [2.24, 2.45) is 0 Å². The van der Waals surface area contributed by atoms with Crippen LogP contribution in [0.1, 0.15) is 17.9 Å². The number of carboxylic acids is 1. The maximum atomic E-state index is 11.0. The van der Waals surface area contributed by atoms with E-state index in [0.717, 1.165) is 5.56 Å². The second kappa shape index (κ2) is 7.26. The topological polar surface area (TPSA) is 49.3 Å². The third kappa shape index (κ3) is 4.32. The fourth-order valence-electron chi connectivity index (χ4n) is 1.41. The highest BCUT2D eigenvalue weighted by Crippen LogP contribution is 2.18. The first-order valence-corrected chi connectivity index (χ1v) is 4.68. The predicted octanol–water partition coefficient (Wildman–Crippen LogP) is 1.89. The van der Waals surface area contributed by atoms with Crippen molar-refractivity contribution < 1.29 is 9.90 Å². The van der Waals surface area contributed by atoms with Gasteiger partial charge in [0.05, 0.1) is 5.92 Å². The van der Waals surface area contributed by atoms with Crippen molar-refractivity contribution >= 4 is 18.4 Å². The van der Waals surface area contributed by atoms with Crippen LogP contribution in [0.15, 0.2) is 30.3 Å². The zero-order chi connectivity index (χ0) is 10.4. The Balaban J connectivity index is 0.00000196. The van der Waals surface area contributed by atoms with E-state index in [1.165, 1.54) is 0 Å². The molecule has 0 bridgehead atoms. The van der Waals surface area contributed by atoms with E-state index in [1.54, 1.807) is 0 Å². The molecule has 0 aliphatic carbocycles. The summed E-state index contributed by atoms with van der Waals surface area (Å²) in [6.07, 6.45) is 0.621. The summed E-state index contributed by atoms with van der Waals surface area (Å²) in [6.45, 7) is 0.714. The fourth-order valence-corrected chi connectivity index (χ4v) is 1.41. The number of hydrogen-bond acceptors (Lipinski definition) is 2. The molecule has 0 fully saturated rings. The van der Waals surface area contributed by atoms with Crippen LogP contribution in [-0.4, -0.2) is 24.7 Å². The van der Waals surface area contributed by atoms with Gasteiger partial charge >= 0.3 is 5.97 Å². The first kappa shape index (κ1) is 13.9. The third-order valence-corrected chi connectivity index (χ3v) is 2.18. The molecular weight excluding hydrogens is 214 g/mol. The Bertz CT molecular complexity index is 290. The van der Waals surface area contributed by atoms with Gasteiger partial charge in [-0.05, 0) is 25.6 Å². The zero-order valence-electron chi connectivity index (χ0n) is 8.64. The van der Waals surface area contributed by atoms with Gasteiger partial charge in [0.1, 0.15) is 0 Å². The standard InChI is InChI=1S/C11H15NO2.ClH/c1-12-8-7-10(11(13)14)9-5-3-2-4-6-9;/h2-6,10,12H,7-8H2,1H3,(H,13,14);1H. The maximum absolute atomic E-state index is 11.0. The van der Waals surface area contributed by atoms with E-state index in [2.05, 4.69) is 5.32 Å². The molecule has 2 N–H and O–H groups in total. The van der Waals surface area contributed by atoms with Gasteiger partial charge in [-0.3, -0.25) is 4.79 Å². The average Bonchev–Trinajstić information content (AvgIpc) is 2.19. The van der Waals surface area contributed by atoms with E-state index in [4.69, 9.17) is 5.11 Å². The Kier molecular flexibility index (Phi) is 6.75. The number of carbonyl (C=O) groups is 1. The first-order valence-electron chi connectivity index (χ1n) is 4.68. The number of nitrogens with one attached hydrogen (secondary N) is 1. The molecule has 84 valence electrons. The Hall–Kier alpha value is -1.06. The van der Waals surface area contributed by atoms with E-state index >= 15 is 0 Å². The lowest BCUT2D eigenvalue weighted by Gasteiger charge is -2.11. The number of halogens is 1. The number of aliphatic carboxylic acids is 1. The predicted molar refractivity (Wildman–Crippen MR) is 62.6 cm³/mol. The quantitative estimate of drug-likeness (QED) is 0.811. The van der Waals surface area contributed by atoms with Crippen molar-refractivity contribution in [2.45, 2.75) is 12.3 Å². The molecule has 0 amide bonds. The Labute approximate surface area is 95.9 Å².